The van der Waals surface area contributed by atoms with E-state index in [4.69, 9.17) is 4.63 Å². The van der Waals surface area contributed by atoms with Crippen molar-refractivity contribution in [1.82, 2.24) is 10.3 Å². The van der Waals surface area contributed by atoms with E-state index in [1.807, 2.05) is 6.92 Å². The van der Waals surface area contributed by atoms with Crippen LogP contribution in [0.5, 0.6) is 0 Å². The minimum atomic E-state index is -2.51. The Labute approximate surface area is 91.5 Å². The third-order valence-electron chi connectivity index (χ3n) is 2.43. The summed E-state index contributed by atoms with van der Waals surface area (Å²) in [5.41, 5.74) is 2.09. The van der Waals surface area contributed by atoms with Gasteiger partial charge in [0.2, 0.25) is 0 Å². The van der Waals surface area contributed by atoms with Gasteiger partial charge in [-0.3, -0.25) is 0 Å². The van der Waals surface area contributed by atoms with Crippen LogP contribution in [0.1, 0.15) is 5.56 Å². The first-order chi connectivity index (χ1) is 6.91. The summed E-state index contributed by atoms with van der Waals surface area (Å²) in [7, 11) is 0. The minimum absolute atomic E-state index is 0.154. The Bertz CT molecular complexity index is 516. The molecule has 0 atom stereocenters. The Hall–Kier alpha value is -0.651. The average Bonchev–Trinajstić information content (AvgIpc) is 2.49. The maximum absolute atomic E-state index is 13.9. The van der Waals surface area contributed by atoms with Crippen molar-refractivity contribution >= 4 is 33.0 Å². The van der Waals surface area contributed by atoms with Crippen LogP contribution in [0, 0.1) is 12.7 Å². The van der Waals surface area contributed by atoms with Crippen molar-refractivity contribution in [2.24, 2.45) is 0 Å². The Kier molecular flexibility index (Phi) is 2.48. The summed E-state index contributed by atoms with van der Waals surface area (Å²) in [5.74, 6) is -0.154. The van der Waals surface area contributed by atoms with E-state index in [1.54, 1.807) is 0 Å². The van der Waals surface area contributed by atoms with Crippen LogP contribution >= 0.6 is 0 Å². The molecular formula is C10H13FN2OSn. The molecule has 0 saturated carbocycles. The zero-order valence-electron chi connectivity index (χ0n) is 9.26. The predicted octanol–water partition coefficient (Wildman–Crippen LogP) is 2.22. The molecule has 0 saturated heterocycles. The van der Waals surface area contributed by atoms with Crippen LogP contribution in [0.15, 0.2) is 10.7 Å². The van der Waals surface area contributed by atoms with Crippen molar-refractivity contribution in [2.45, 2.75) is 21.7 Å². The van der Waals surface area contributed by atoms with Gasteiger partial charge in [-0.2, -0.15) is 0 Å². The van der Waals surface area contributed by atoms with Gasteiger partial charge in [0.1, 0.15) is 0 Å². The van der Waals surface area contributed by atoms with Gasteiger partial charge in [-0.1, -0.05) is 0 Å². The number of aryl methyl sites for hydroxylation is 1. The number of halogens is 1. The molecule has 3 nitrogen and oxygen atoms in total. The van der Waals surface area contributed by atoms with Gasteiger partial charge in [0.15, 0.2) is 0 Å². The SMILES string of the molecule is Cc1cc(F)[c]([Sn]([CH3])([CH3])[CH3])c2nonc12. The summed E-state index contributed by atoms with van der Waals surface area (Å²) < 4.78 is 19.4. The zero-order valence-corrected chi connectivity index (χ0v) is 12.1. The normalized spacial score (nSPS) is 12.3. The molecule has 1 heterocycles. The van der Waals surface area contributed by atoms with Gasteiger partial charge in [-0.25, -0.2) is 0 Å². The van der Waals surface area contributed by atoms with E-state index in [9.17, 15) is 4.39 Å². The van der Waals surface area contributed by atoms with Crippen LogP contribution in [-0.2, 0) is 0 Å². The monoisotopic (exact) mass is 316 g/mol. The number of rotatable bonds is 1. The summed E-state index contributed by atoms with van der Waals surface area (Å²) in [4.78, 5) is 6.45. The molecular weight excluding hydrogens is 302 g/mol. The fourth-order valence-electron chi connectivity index (χ4n) is 1.77. The first kappa shape index (κ1) is 10.9. The van der Waals surface area contributed by atoms with Crippen molar-refractivity contribution in [3.05, 3.63) is 17.4 Å². The molecule has 5 heteroatoms. The summed E-state index contributed by atoms with van der Waals surface area (Å²) in [6.07, 6.45) is 0. The van der Waals surface area contributed by atoms with Crippen molar-refractivity contribution in [3.8, 4) is 0 Å². The first-order valence-electron chi connectivity index (χ1n) is 4.83. The van der Waals surface area contributed by atoms with E-state index in [1.165, 1.54) is 6.07 Å². The van der Waals surface area contributed by atoms with Gasteiger partial charge < -0.3 is 0 Å². The second kappa shape index (κ2) is 3.43. The number of benzene rings is 1. The van der Waals surface area contributed by atoms with E-state index in [-0.39, 0.29) is 5.82 Å². The molecule has 1 aromatic heterocycles. The number of fused-ring (bicyclic) bond motifs is 1. The van der Waals surface area contributed by atoms with E-state index in [0.29, 0.717) is 11.0 Å². The van der Waals surface area contributed by atoms with Crippen molar-refractivity contribution in [1.29, 1.82) is 0 Å². The molecule has 80 valence electrons. The van der Waals surface area contributed by atoms with Crippen LogP contribution < -0.4 is 3.58 Å². The molecule has 0 aliphatic rings. The molecule has 0 fully saturated rings. The zero-order chi connectivity index (χ0) is 11.2. The number of aromatic nitrogens is 2. The molecule has 0 aliphatic carbocycles. The molecule has 2 aromatic rings. The van der Waals surface area contributed by atoms with Gasteiger partial charge in [0.25, 0.3) is 0 Å². The predicted molar refractivity (Wildman–Crippen MR) is 59.5 cm³/mol. The number of hydrogen-bond acceptors (Lipinski definition) is 3. The van der Waals surface area contributed by atoms with E-state index < -0.39 is 18.4 Å². The van der Waals surface area contributed by atoms with E-state index in [0.717, 1.165) is 9.14 Å². The molecule has 0 bridgehead atoms. The average molecular weight is 315 g/mol. The first-order valence-corrected chi connectivity index (χ1v) is 14.8. The Morgan fingerprint density at radius 2 is 1.80 bits per heavy atom. The number of nitrogens with zero attached hydrogens (tertiary/aromatic N) is 2. The molecule has 0 unspecified atom stereocenters. The van der Waals surface area contributed by atoms with Crippen LogP contribution in [0.3, 0.4) is 0 Å². The molecule has 15 heavy (non-hydrogen) atoms. The Morgan fingerprint density at radius 3 is 2.40 bits per heavy atom. The standard InChI is InChI=1S/C7H4FN2O.3CH3.Sn/c1-4-2-5(8)3-6-7(4)10-11-9-6;;;;/h2H,1H3;3*1H3;. The van der Waals surface area contributed by atoms with Crippen molar-refractivity contribution < 1.29 is 9.02 Å². The fourth-order valence-corrected chi connectivity index (χ4v) is 6.52. The molecule has 0 N–H and O–H groups in total. The maximum atomic E-state index is 13.9. The van der Waals surface area contributed by atoms with Crippen molar-refractivity contribution in [2.75, 3.05) is 0 Å². The molecule has 0 radical (unpaired) electrons. The van der Waals surface area contributed by atoms with Gasteiger partial charge in [-0.05, 0) is 0 Å². The molecule has 2 rings (SSSR count). The third-order valence-corrected chi connectivity index (χ3v) is 8.07. The molecule has 0 amide bonds. The van der Waals surface area contributed by atoms with Crippen LogP contribution in [0.25, 0.3) is 11.0 Å². The van der Waals surface area contributed by atoms with Gasteiger partial charge in [0, 0.05) is 0 Å². The van der Waals surface area contributed by atoms with E-state index in [2.05, 4.69) is 25.1 Å². The van der Waals surface area contributed by atoms with Crippen LogP contribution in [0.2, 0.25) is 14.8 Å². The summed E-state index contributed by atoms with van der Waals surface area (Å²) in [6.45, 7) is 1.82. The third kappa shape index (κ3) is 1.75. The van der Waals surface area contributed by atoms with Gasteiger partial charge >= 0.3 is 91.5 Å². The summed E-state index contributed by atoms with van der Waals surface area (Å²) in [5, 5.41) is 7.65. The number of hydrogen-bond donors (Lipinski definition) is 0. The topological polar surface area (TPSA) is 38.9 Å². The second-order valence-corrected chi connectivity index (χ2v) is 19.0. The van der Waals surface area contributed by atoms with E-state index >= 15 is 0 Å². The van der Waals surface area contributed by atoms with Crippen LogP contribution in [-0.4, -0.2) is 28.7 Å². The molecule has 0 spiro atoms. The second-order valence-electron chi connectivity index (χ2n) is 4.76. The van der Waals surface area contributed by atoms with Gasteiger partial charge in [-0.15, -0.1) is 0 Å². The Morgan fingerprint density at radius 1 is 1.20 bits per heavy atom. The molecule has 0 aliphatic heterocycles. The quantitative estimate of drug-likeness (QED) is 0.758. The van der Waals surface area contributed by atoms with Crippen molar-refractivity contribution in [3.63, 3.8) is 0 Å². The molecule has 1 aromatic carbocycles. The summed E-state index contributed by atoms with van der Waals surface area (Å²) >= 11 is -2.51. The Balaban J connectivity index is 2.89. The van der Waals surface area contributed by atoms with Gasteiger partial charge in [0.05, 0.1) is 0 Å². The van der Waals surface area contributed by atoms with Crippen LogP contribution in [0.4, 0.5) is 4.39 Å². The summed E-state index contributed by atoms with van der Waals surface area (Å²) in [6, 6.07) is 1.53. The fraction of sp³-hybridized carbons (Fsp3) is 0.400.